The molecule has 2 aliphatic rings. The van der Waals surface area contributed by atoms with E-state index in [-0.39, 0.29) is 0 Å². The third-order valence-corrected chi connectivity index (χ3v) is 10.3. The van der Waals surface area contributed by atoms with E-state index in [1.54, 1.807) is 0 Å². The number of benzene rings is 1. The summed E-state index contributed by atoms with van der Waals surface area (Å²) >= 11 is 3.51. The molecule has 0 atom stereocenters. The van der Waals surface area contributed by atoms with Crippen LogP contribution < -0.4 is 5.30 Å². The molecule has 0 saturated heterocycles. The van der Waals surface area contributed by atoms with Gasteiger partial charge in [0.05, 0.1) is 0 Å². The summed E-state index contributed by atoms with van der Waals surface area (Å²) in [5.41, 5.74) is 0.908. The highest BCUT2D eigenvalue weighted by molar-refractivity contribution is 9.10. The SMILES string of the molecule is O=P(c1ccc(Br)cc1)(C1CCCCC1)C1CCCCC1. The first-order valence-electron chi connectivity index (χ1n) is 8.57. The third kappa shape index (κ3) is 3.32. The zero-order chi connectivity index (χ0) is 14.7. The fraction of sp³-hybridized carbons (Fsp3) is 0.667. The maximum atomic E-state index is 14.2. The van der Waals surface area contributed by atoms with Gasteiger partial charge in [-0.05, 0) is 37.8 Å². The molecule has 0 spiro atoms. The van der Waals surface area contributed by atoms with E-state index in [0.717, 1.165) is 9.78 Å². The Hall–Kier alpha value is -0.0700. The Morgan fingerprint density at radius 3 is 1.62 bits per heavy atom. The Morgan fingerprint density at radius 2 is 1.19 bits per heavy atom. The Morgan fingerprint density at radius 1 is 0.762 bits per heavy atom. The molecule has 0 amide bonds. The van der Waals surface area contributed by atoms with Gasteiger partial charge in [0.15, 0.2) is 0 Å². The van der Waals surface area contributed by atoms with E-state index in [9.17, 15) is 4.57 Å². The van der Waals surface area contributed by atoms with Gasteiger partial charge in [-0.25, -0.2) is 0 Å². The van der Waals surface area contributed by atoms with Crippen LogP contribution in [0.3, 0.4) is 0 Å². The second-order valence-electron chi connectivity index (χ2n) is 6.77. The molecule has 1 aromatic rings. The lowest BCUT2D eigenvalue weighted by Gasteiger charge is -2.38. The van der Waals surface area contributed by atoms with Crippen LogP contribution in [0.1, 0.15) is 64.2 Å². The molecule has 0 radical (unpaired) electrons. The van der Waals surface area contributed by atoms with Crippen LogP contribution in [0, 0.1) is 0 Å². The molecule has 1 aromatic carbocycles. The van der Waals surface area contributed by atoms with Crippen molar-refractivity contribution in [3.63, 3.8) is 0 Å². The van der Waals surface area contributed by atoms with Crippen molar-refractivity contribution in [1.82, 2.24) is 0 Å². The average Bonchev–Trinajstić information content (AvgIpc) is 2.56. The molecular formula is C18H26BrOP. The van der Waals surface area contributed by atoms with Gasteiger partial charge in [-0.3, -0.25) is 0 Å². The molecule has 0 N–H and O–H groups in total. The fourth-order valence-electron chi connectivity index (χ4n) is 4.32. The molecule has 1 nitrogen and oxygen atoms in total. The average molecular weight is 369 g/mol. The quantitative estimate of drug-likeness (QED) is 0.588. The van der Waals surface area contributed by atoms with Crippen LogP contribution >= 0.6 is 23.1 Å². The fourth-order valence-corrected chi connectivity index (χ4v) is 8.91. The van der Waals surface area contributed by atoms with Crippen molar-refractivity contribution in [2.45, 2.75) is 75.5 Å². The van der Waals surface area contributed by atoms with E-state index < -0.39 is 7.14 Å². The Bertz CT molecular complexity index is 476. The summed E-state index contributed by atoms with van der Waals surface area (Å²) in [4.78, 5) is 0. The summed E-state index contributed by atoms with van der Waals surface area (Å²) in [7, 11) is -2.26. The minimum absolute atomic E-state index is 0.454. The number of hydrogen-bond acceptors (Lipinski definition) is 1. The highest BCUT2D eigenvalue weighted by Gasteiger charge is 2.42. The molecule has 2 saturated carbocycles. The van der Waals surface area contributed by atoms with Crippen molar-refractivity contribution in [1.29, 1.82) is 0 Å². The molecule has 0 aromatic heterocycles. The number of hydrogen-bond donors (Lipinski definition) is 0. The van der Waals surface area contributed by atoms with Crippen molar-refractivity contribution in [3.8, 4) is 0 Å². The van der Waals surface area contributed by atoms with Gasteiger partial charge in [0, 0.05) is 21.1 Å². The Kier molecular flexibility index (Phi) is 5.27. The minimum atomic E-state index is -2.26. The number of halogens is 1. The van der Waals surface area contributed by atoms with Gasteiger partial charge >= 0.3 is 0 Å². The summed E-state index contributed by atoms with van der Waals surface area (Å²) in [6, 6.07) is 8.42. The summed E-state index contributed by atoms with van der Waals surface area (Å²) < 4.78 is 15.3. The second-order valence-corrected chi connectivity index (χ2v) is 11.1. The van der Waals surface area contributed by atoms with Gasteiger partial charge in [-0.1, -0.05) is 66.6 Å². The molecule has 2 aliphatic carbocycles. The molecule has 3 rings (SSSR count). The third-order valence-electron chi connectivity index (χ3n) is 5.46. The highest BCUT2D eigenvalue weighted by atomic mass is 79.9. The van der Waals surface area contributed by atoms with Gasteiger partial charge < -0.3 is 4.57 Å². The monoisotopic (exact) mass is 368 g/mol. The zero-order valence-electron chi connectivity index (χ0n) is 12.8. The first-order valence-corrected chi connectivity index (χ1v) is 11.2. The van der Waals surface area contributed by atoms with Crippen molar-refractivity contribution in [3.05, 3.63) is 28.7 Å². The van der Waals surface area contributed by atoms with Gasteiger partial charge in [-0.15, -0.1) is 0 Å². The lowest BCUT2D eigenvalue weighted by atomic mass is 9.99. The Balaban J connectivity index is 1.96. The second kappa shape index (κ2) is 7.01. The first-order chi connectivity index (χ1) is 10.2. The summed E-state index contributed by atoms with van der Waals surface area (Å²) in [6.07, 6.45) is 12.5. The topological polar surface area (TPSA) is 17.1 Å². The van der Waals surface area contributed by atoms with Crippen LogP contribution in [-0.2, 0) is 4.57 Å². The Labute approximate surface area is 137 Å². The van der Waals surface area contributed by atoms with Crippen molar-refractivity contribution in [2.75, 3.05) is 0 Å². The lowest BCUT2D eigenvalue weighted by Crippen LogP contribution is -2.29. The van der Waals surface area contributed by atoms with E-state index in [0.29, 0.717) is 11.3 Å². The highest BCUT2D eigenvalue weighted by Crippen LogP contribution is 2.61. The van der Waals surface area contributed by atoms with Crippen molar-refractivity contribution < 1.29 is 4.57 Å². The van der Waals surface area contributed by atoms with Crippen LogP contribution in [0.4, 0.5) is 0 Å². The predicted octanol–water partition coefficient (Wildman–Crippen LogP) is 6.10. The van der Waals surface area contributed by atoms with E-state index in [1.165, 1.54) is 64.2 Å². The normalized spacial score (nSPS) is 22.3. The van der Waals surface area contributed by atoms with Crippen LogP contribution in [0.2, 0.25) is 0 Å². The zero-order valence-corrected chi connectivity index (χ0v) is 15.2. The van der Waals surface area contributed by atoms with Crippen LogP contribution in [0.25, 0.3) is 0 Å². The predicted molar refractivity (Wildman–Crippen MR) is 95.1 cm³/mol. The maximum Gasteiger partial charge on any atom is 0.121 e. The lowest BCUT2D eigenvalue weighted by molar-refractivity contribution is 0.453. The van der Waals surface area contributed by atoms with E-state index in [4.69, 9.17) is 0 Å². The van der Waals surface area contributed by atoms with Crippen LogP contribution in [0.15, 0.2) is 28.7 Å². The molecule has 0 aliphatic heterocycles. The van der Waals surface area contributed by atoms with Gasteiger partial charge in [0.1, 0.15) is 7.14 Å². The molecule has 0 unspecified atom stereocenters. The smallest absolute Gasteiger partial charge is 0.121 e. The van der Waals surface area contributed by atoms with Crippen LogP contribution in [0.5, 0.6) is 0 Å². The largest absolute Gasteiger partial charge is 0.318 e. The molecular weight excluding hydrogens is 343 g/mol. The first kappa shape index (κ1) is 15.8. The van der Waals surface area contributed by atoms with E-state index in [2.05, 4.69) is 40.2 Å². The maximum absolute atomic E-state index is 14.2. The standard InChI is InChI=1S/C18H26BrOP/c19-15-11-13-18(14-12-15)21(20,16-7-3-1-4-8-16)17-9-5-2-6-10-17/h11-14,16-17H,1-10H2. The molecule has 2 fully saturated rings. The molecule has 0 bridgehead atoms. The summed E-state index contributed by atoms with van der Waals surface area (Å²) in [6.45, 7) is 0. The molecule has 21 heavy (non-hydrogen) atoms. The van der Waals surface area contributed by atoms with Crippen molar-refractivity contribution in [2.24, 2.45) is 0 Å². The molecule has 0 heterocycles. The molecule has 3 heteroatoms. The van der Waals surface area contributed by atoms with Gasteiger partial charge in [-0.2, -0.15) is 0 Å². The number of rotatable bonds is 3. The summed E-state index contributed by atoms with van der Waals surface area (Å²) in [5.74, 6) is 0. The van der Waals surface area contributed by atoms with E-state index >= 15 is 0 Å². The van der Waals surface area contributed by atoms with E-state index in [1.807, 2.05) is 0 Å². The van der Waals surface area contributed by atoms with Gasteiger partial charge in [0.25, 0.3) is 0 Å². The van der Waals surface area contributed by atoms with Gasteiger partial charge in [0.2, 0.25) is 0 Å². The van der Waals surface area contributed by atoms with Crippen LogP contribution in [-0.4, -0.2) is 11.3 Å². The summed E-state index contributed by atoms with van der Waals surface area (Å²) in [5, 5.41) is 1.16. The molecule has 116 valence electrons. The van der Waals surface area contributed by atoms with Crippen molar-refractivity contribution >= 4 is 28.4 Å². The minimum Gasteiger partial charge on any atom is -0.318 e.